The van der Waals surface area contributed by atoms with Crippen molar-refractivity contribution in [2.75, 3.05) is 0 Å². The molecule has 0 unspecified atom stereocenters. The van der Waals surface area contributed by atoms with Gasteiger partial charge in [-0.2, -0.15) is 0 Å². The molecule has 0 N–H and O–H groups in total. The van der Waals surface area contributed by atoms with Crippen LogP contribution in [0.3, 0.4) is 0 Å². The van der Waals surface area contributed by atoms with Crippen LogP contribution in [0, 0.1) is 0 Å². The van der Waals surface area contributed by atoms with Gasteiger partial charge in [0, 0.05) is 0 Å². The molecule has 0 aromatic heterocycles. The fourth-order valence-electron chi connectivity index (χ4n) is 0.180. The van der Waals surface area contributed by atoms with Gasteiger partial charge in [-0.1, -0.05) is 0 Å². The molecule has 36 valence electrons. The molecule has 1 aliphatic rings. The third-order valence-corrected chi connectivity index (χ3v) is 1.56. The summed E-state index contributed by atoms with van der Waals surface area (Å²) in [5.74, 6) is -1.69. The van der Waals surface area contributed by atoms with Crippen molar-refractivity contribution < 1.29 is 17.1 Å². The van der Waals surface area contributed by atoms with Gasteiger partial charge in [0.1, 0.15) is 0 Å². The summed E-state index contributed by atoms with van der Waals surface area (Å²) in [6, 6.07) is 0. The van der Waals surface area contributed by atoms with E-state index in [2.05, 4.69) is 7.53 Å². The topological polar surface area (TPSA) is 52.6 Å². The average molecular weight is 161 g/mol. The Balaban J connectivity index is 2.65. The first-order chi connectivity index (χ1) is 3.30. The van der Waals surface area contributed by atoms with E-state index in [1.807, 2.05) is 0 Å². The molecule has 0 atom stereocenters. The Labute approximate surface area is 45.9 Å². The van der Waals surface area contributed by atoms with Crippen molar-refractivity contribution in [3.05, 3.63) is 0 Å². The van der Waals surface area contributed by atoms with E-state index in [1.54, 1.807) is 0 Å². The van der Waals surface area contributed by atoms with Crippen LogP contribution in [-0.4, -0.2) is 28.0 Å². The predicted octanol–water partition coefficient (Wildman–Crippen LogP) is -1.38. The van der Waals surface area contributed by atoms with Gasteiger partial charge in [0.05, 0.1) is 0 Å². The van der Waals surface area contributed by atoms with Crippen molar-refractivity contribution in [2.24, 2.45) is 0 Å². The van der Waals surface area contributed by atoms with Gasteiger partial charge >= 0.3 is 45.2 Å². The van der Waals surface area contributed by atoms with Gasteiger partial charge in [-0.25, -0.2) is 0 Å². The molecule has 0 spiro atoms. The molecule has 1 saturated heterocycles. The molecule has 7 heavy (non-hydrogen) atoms. The normalized spacial score (nSPS) is 18.9. The van der Waals surface area contributed by atoms with Crippen LogP contribution < -0.4 is 0 Å². The first-order valence-corrected chi connectivity index (χ1v) is 3.19. The van der Waals surface area contributed by atoms with Gasteiger partial charge < -0.3 is 0 Å². The molecule has 2 radical (unpaired) electrons. The Morgan fingerprint density at radius 2 is 1.57 bits per heavy atom. The Hall–Kier alpha value is -0.517. The van der Waals surface area contributed by atoms with Crippen LogP contribution in [0.5, 0.6) is 0 Å². The minimum absolute atomic E-state index is 0.847. The van der Waals surface area contributed by atoms with Gasteiger partial charge in [-0.05, 0) is 0 Å². The van der Waals surface area contributed by atoms with Crippen molar-refractivity contribution in [3.63, 3.8) is 0 Å². The van der Waals surface area contributed by atoms with E-state index in [0.29, 0.717) is 0 Å². The molecular formula is C2GeO4. The van der Waals surface area contributed by atoms with Gasteiger partial charge in [-0.15, -0.1) is 0 Å². The summed E-state index contributed by atoms with van der Waals surface area (Å²) < 4.78 is 8.36. The van der Waals surface area contributed by atoms with Crippen molar-refractivity contribution in [2.45, 2.75) is 0 Å². The van der Waals surface area contributed by atoms with Gasteiger partial charge in [0.2, 0.25) is 0 Å². The number of carbonyl (C=O) groups is 2. The van der Waals surface area contributed by atoms with Gasteiger partial charge in [0.25, 0.3) is 0 Å². The molecule has 0 aromatic rings. The summed E-state index contributed by atoms with van der Waals surface area (Å²) >= 11 is -1.15. The Kier molecular flexibility index (Phi) is 1.01. The zero-order valence-corrected chi connectivity index (χ0v) is 5.23. The molecule has 0 saturated carbocycles. The molecule has 1 fully saturated rings. The first-order valence-electron chi connectivity index (χ1n) is 1.47. The van der Waals surface area contributed by atoms with Crippen molar-refractivity contribution in [1.82, 2.24) is 0 Å². The van der Waals surface area contributed by atoms with E-state index >= 15 is 0 Å². The SMILES string of the molecule is O=C1[O][Ge][O]C1=O. The van der Waals surface area contributed by atoms with Gasteiger partial charge in [0.15, 0.2) is 0 Å². The average Bonchev–Trinajstić information content (AvgIpc) is 1.91. The molecule has 0 aliphatic carbocycles. The van der Waals surface area contributed by atoms with Crippen LogP contribution in [0.25, 0.3) is 0 Å². The fourth-order valence-corrected chi connectivity index (χ4v) is 0.935. The number of hydrogen-bond acceptors (Lipinski definition) is 4. The monoisotopic (exact) mass is 162 g/mol. The van der Waals surface area contributed by atoms with Crippen LogP contribution in [0.1, 0.15) is 0 Å². The molecule has 0 aromatic carbocycles. The number of rotatable bonds is 0. The summed E-state index contributed by atoms with van der Waals surface area (Å²) in [6.07, 6.45) is 0. The van der Waals surface area contributed by atoms with Crippen LogP contribution in [0.2, 0.25) is 0 Å². The van der Waals surface area contributed by atoms with Gasteiger partial charge in [-0.3, -0.25) is 0 Å². The van der Waals surface area contributed by atoms with Crippen LogP contribution >= 0.6 is 0 Å². The molecule has 0 bridgehead atoms. The third kappa shape index (κ3) is 0.740. The summed E-state index contributed by atoms with van der Waals surface area (Å²) in [6.45, 7) is 0. The summed E-state index contributed by atoms with van der Waals surface area (Å²) in [7, 11) is 0. The molecule has 1 rings (SSSR count). The fraction of sp³-hybridized carbons (Fsp3) is 0. The molecule has 0 amide bonds. The second kappa shape index (κ2) is 1.53. The zero-order chi connectivity index (χ0) is 5.28. The molecule has 1 heterocycles. The zero-order valence-electron chi connectivity index (χ0n) is 3.13. The van der Waals surface area contributed by atoms with E-state index in [1.165, 1.54) is 0 Å². The molecule has 1 aliphatic heterocycles. The summed E-state index contributed by atoms with van der Waals surface area (Å²) in [4.78, 5) is 19.8. The van der Waals surface area contributed by atoms with Crippen LogP contribution in [-0.2, 0) is 17.1 Å². The standard InChI is InChI=1S/C2GeO4/c4-1-2(5)7-3-6-1. The number of hydrogen-bond donors (Lipinski definition) is 0. The maximum atomic E-state index is 9.91. The molecular weight excluding hydrogens is 161 g/mol. The van der Waals surface area contributed by atoms with Crippen molar-refractivity contribution in [1.29, 1.82) is 0 Å². The third-order valence-electron chi connectivity index (χ3n) is 0.435. The van der Waals surface area contributed by atoms with E-state index in [0.717, 1.165) is 0 Å². The van der Waals surface area contributed by atoms with E-state index in [-0.39, 0.29) is 0 Å². The Morgan fingerprint density at radius 3 is 1.71 bits per heavy atom. The number of carbonyl (C=O) groups excluding carboxylic acids is 2. The first kappa shape index (κ1) is 4.64. The Bertz CT molecular complexity index is 105. The summed E-state index contributed by atoms with van der Waals surface area (Å²) in [5.41, 5.74) is 0. The maximum absolute atomic E-state index is 9.91. The predicted molar refractivity (Wildman–Crippen MR) is 17.9 cm³/mol. The van der Waals surface area contributed by atoms with Crippen molar-refractivity contribution >= 4 is 28.0 Å². The molecule has 5 heteroatoms. The second-order valence-corrected chi connectivity index (χ2v) is 2.07. The summed E-state index contributed by atoms with van der Waals surface area (Å²) in [5, 5.41) is 0. The Morgan fingerprint density at radius 1 is 1.14 bits per heavy atom. The van der Waals surface area contributed by atoms with E-state index in [4.69, 9.17) is 0 Å². The molecule has 4 nitrogen and oxygen atoms in total. The van der Waals surface area contributed by atoms with Crippen molar-refractivity contribution in [3.8, 4) is 0 Å². The van der Waals surface area contributed by atoms with Crippen LogP contribution in [0.15, 0.2) is 0 Å². The minimum atomic E-state index is -1.15. The van der Waals surface area contributed by atoms with E-state index < -0.39 is 28.0 Å². The van der Waals surface area contributed by atoms with E-state index in [9.17, 15) is 9.59 Å². The second-order valence-electron chi connectivity index (χ2n) is 0.862. The quantitative estimate of drug-likeness (QED) is 0.324. The van der Waals surface area contributed by atoms with Crippen LogP contribution in [0.4, 0.5) is 0 Å².